The zero-order valence-corrected chi connectivity index (χ0v) is 11.7. The van der Waals surface area contributed by atoms with Crippen molar-refractivity contribution >= 4 is 11.9 Å². The van der Waals surface area contributed by atoms with E-state index in [1.54, 1.807) is 4.90 Å². The van der Waals surface area contributed by atoms with Gasteiger partial charge in [0.25, 0.3) is 0 Å². The second kappa shape index (κ2) is 6.86. The van der Waals surface area contributed by atoms with Crippen molar-refractivity contribution in [2.45, 2.75) is 38.6 Å². The molecule has 0 atom stereocenters. The first-order valence-corrected chi connectivity index (χ1v) is 6.72. The Morgan fingerprint density at radius 2 is 1.89 bits per heavy atom. The molecule has 0 aromatic carbocycles. The fourth-order valence-electron chi connectivity index (χ4n) is 2.17. The lowest BCUT2D eigenvalue weighted by atomic mass is 9.97. The SMILES string of the molecule is CC(C)(CCO)NCC(=O)N1CCC(C(=O)O)CC1. The highest BCUT2D eigenvalue weighted by Crippen LogP contribution is 2.17. The van der Waals surface area contributed by atoms with E-state index in [0.717, 1.165) is 0 Å². The van der Waals surface area contributed by atoms with Gasteiger partial charge in [0.1, 0.15) is 0 Å². The Balaban J connectivity index is 2.34. The molecule has 3 N–H and O–H groups in total. The normalized spacial score (nSPS) is 17.5. The molecule has 0 aromatic heterocycles. The van der Waals surface area contributed by atoms with Crippen LogP contribution in [0.25, 0.3) is 0 Å². The molecule has 110 valence electrons. The smallest absolute Gasteiger partial charge is 0.306 e. The fraction of sp³-hybridized carbons (Fsp3) is 0.846. The van der Waals surface area contributed by atoms with Crippen molar-refractivity contribution in [3.63, 3.8) is 0 Å². The Morgan fingerprint density at radius 3 is 2.37 bits per heavy atom. The van der Waals surface area contributed by atoms with Gasteiger partial charge in [-0.2, -0.15) is 0 Å². The van der Waals surface area contributed by atoms with Gasteiger partial charge in [-0.25, -0.2) is 0 Å². The summed E-state index contributed by atoms with van der Waals surface area (Å²) in [6.07, 6.45) is 1.64. The third kappa shape index (κ3) is 5.16. The van der Waals surface area contributed by atoms with E-state index in [2.05, 4.69) is 5.32 Å². The zero-order valence-electron chi connectivity index (χ0n) is 11.7. The third-order valence-corrected chi connectivity index (χ3v) is 3.65. The summed E-state index contributed by atoms with van der Waals surface area (Å²) < 4.78 is 0. The summed E-state index contributed by atoms with van der Waals surface area (Å²) in [6.45, 7) is 5.21. The molecule has 1 rings (SSSR count). The van der Waals surface area contributed by atoms with Crippen LogP contribution in [0, 0.1) is 5.92 Å². The van der Waals surface area contributed by atoms with Crippen LogP contribution in [-0.4, -0.2) is 58.8 Å². The first kappa shape index (κ1) is 15.9. The molecule has 0 aliphatic carbocycles. The lowest BCUT2D eigenvalue weighted by Gasteiger charge is -2.32. The number of aliphatic hydroxyl groups excluding tert-OH is 1. The number of nitrogens with zero attached hydrogens (tertiary/aromatic N) is 1. The van der Waals surface area contributed by atoms with Crippen molar-refractivity contribution in [3.05, 3.63) is 0 Å². The minimum atomic E-state index is -0.769. The molecule has 0 saturated carbocycles. The molecule has 1 heterocycles. The maximum atomic E-state index is 12.0. The maximum absolute atomic E-state index is 12.0. The van der Waals surface area contributed by atoms with Crippen LogP contribution in [0.4, 0.5) is 0 Å². The number of hydrogen-bond donors (Lipinski definition) is 3. The molecular formula is C13H24N2O4. The van der Waals surface area contributed by atoms with Crippen molar-refractivity contribution in [2.75, 3.05) is 26.2 Å². The molecule has 6 heteroatoms. The zero-order chi connectivity index (χ0) is 14.5. The Bertz CT molecular complexity index is 323. The number of amides is 1. The van der Waals surface area contributed by atoms with E-state index >= 15 is 0 Å². The van der Waals surface area contributed by atoms with Gasteiger partial charge in [0, 0.05) is 25.2 Å². The Hall–Kier alpha value is -1.14. The molecule has 0 unspecified atom stereocenters. The summed E-state index contributed by atoms with van der Waals surface area (Å²) in [7, 11) is 0. The van der Waals surface area contributed by atoms with Crippen LogP contribution in [0.2, 0.25) is 0 Å². The van der Waals surface area contributed by atoms with Gasteiger partial charge < -0.3 is 20.4 Å². The number of carbonyl (C=O) groups excluding carboxylic acids is 1. The molecule has 0 radical (unpaired) electrons. The molecule has 0 aromatic rings. The number of likely N-dealkylation sites (tertiary alicyclic amines) is 1. The number of piperidine rings is 1. The Morgan fingerprint density at radius 1 is 1.32 bits per heavy atom. The van der Waals surface area contributed by atoms with E-state index in [-0.39, 0.29) is 30.5 Å². The van der Waals surface area contributed by atoms with Crippen LogP contribution in [-0.2, 0) is 9.59 Å². The number of rotatable bonds is 6. The van der Waals surface area contributed by atoms with Crippen molar-refractivity contribution < 1.29 is 19.8 Å². The fourth-order valence-corrected chi connectivity index (χ4v) is 2.17. The number of carbonyl (C=O) groups is 2. The molecule has 0 spiro atoms. The molecule has 1 saturated heterocycles. The standard InChI is InChI=1S/C13H24N2O4/c1-13(2,5-8-16)14-9-11(17)15-6-3-10(4-7-15)12(18)19/h10,14,16H,3-9H2,1-2H3,(H,18,19). The molecule has 0 bridgehead atoms. The third-order valence-electron chi connectivity index (χ3n) is 3.65. The monoisotopic (exact) mass is 272 g/mol. The number of nitrogens with one attached hydrogen (secondary N) is 1. The molecule has 1 aliphatic heterocycles. The first-order valence-electron chi connectivity index (χ1n) is 6.72. The molecule has 1 aliphatic rings. The topological polar surface area (TPSA) is 89.9 Å². The van der Waals surface area contributed by atoms with Gasteiger partial charge in [0.15, 0.2) is 0 Å². The van der Waals surface area contributed by atoms with E-state index in [1.807, 2.05) is 13.8 Å². The highest BCUT2D eigenvalue weighted by Gasteiger charge is 2.27. The quantitative estimate of drug-likeness (QED) is 0.636. The summed E-state index contributed by atoms with van der Waals surface area (Å²) in [6, 6.07) is 0. The maximum Gasteiger partial charge on any atom is 0.306 e. The van der Waals surface area contributed by atoms with Crippen molar-refractivity contribution in [1.82, 2.24) is 10.2 Å². The summed E-state index contributed by atoms with van der Waals surface area (Å²) in [4.78, 5) is 24.5. The van der Waals surface area contributed by atoms with Crippen LogP contribution in [0.3, 0.4) is 0 Å². The second-order valence-corrected chi connectivity index (χ2v) is 5.70. The number of carboxylic acids is 1. The number of carboxylic acid groups (broad SMARTS) is 1. The van der Waals surface area contributed by atoms with Crippen LogP contribution in [0.1, 0.15) is 33.1 Å². The van der Waals surface area contributed by atoms with E-state index in [0.29, 0.717) is 32.4 Å². The largest absolute Gasteiger partial charge is 0.481 e. The van der Waals surface area contributed by atoms with Gasteiger partial charge in [-0.3, -0.25) is 9.59 Å². The van der Waals surface area contributed by atoms with Gasteiger partial charge in [-0.15, -0.1) is 0 Å². The molecular weight excluding hydrogens is 248 g/mol. The number of aliphatic hydroxyl groups is 1. The predicted octanol–water partition coefficient (Wildman–Crippen LogP) is 0.0602. The van der Waals surface area contributed by atoms with Gasteiger partial charge in [0.2, 0.25) is 5.91 Å². The Kier molecular flexibility index (Phi) is 5.75. The van der Waals surface area contributed by atoms with Gasteiger partial charge in [0.05, 0.1) is 12.5 Å². The van der Waals surface area contributed by atoms with Crippen LogP contribution < -0.4 is 5.32 Å². The average molecular weight is 272 g/mol. The molecule has 1 amide bonds. The van der Waals surface area contributed by atoms with Crippen LogP contribution >= 0.6 is 0 Å². The van der Waals surface area contributed by atoms with Crippen molar-refractivity contribution in [2.24, 2.45) is 5.92 Å². The molecule has 19 heavy (non-hydrogen) atoms. The summed E-state index contributed by atoms with van der Waals surface area (Å²) >= 11 is 0. The summed E-state index contributed by atoms with van der Waals surface area (Å²) in [5.41, 5.74) is -0.274. The second-order valence-electron chi connectivity index (χ2n) is 5.70. The van der Waals surface area contributed by atoms with E-state index < -0.39 is 5.97 Å². The van der Waals surface area contributed by atoms with E-state index in [4.69, 9.17) is 10.2 Å². The van der Waals surface area contributed by atoms with Crippen LogP contribution in [0.5, 0.6) is 0 Å². The van der Waals surface area contributed by atoms with Crippen LogP contribution in [0.15, 0.2) is 0 Å². The molecule has 1 fully saturated rings. The average Bonchev–Trinajstić information content (AvgIpc) is 2.36. The lowest BCUT2D eigenvalue weighted by Crippen LogP contribution is -2.49. The van der Waals surface area contributed by atoms with Crippen molar-refractivity contribution in [1.29, 1.82) is 0 Å². The minimum Gasteiger partial charge on any atom is -0.481 e. The number of hydrogen-bond acceptors (Lipinski definition) is 4. The van der Waals surface area contributed by atoms with E-state index in [1.165, 1.54) is 0 Å². The molecule has 6 nitrogen and oxygen atoms in total. The van der Waals surface area contributed by atoms with Gasteiger partial charge in [-0.05, 0) is 33.1 Å². The summed E-state index contributed by atoms with van der Waals surface area (Å²) in [5, 5.41) is 20.9. The van der Waals surface area contributed by atoms with E-state index in [9.17, 15) is 9.59 Å². The highest BCUT2D eigenvalue weighted by atomic mass is 16.4. The van der Waals surface area contributed by atoms with Gasteiger partial charge in [-0.1, -0.05) is 0 Å². The summed E-state index contributed by atoms with van der Waals surface area (Å²) in [5.74, 6) is -1.09. The predicted molar refractivity (Wildman–Crippen MR) is 70.7 cm³/mol. The minimum absolute atomic E-state index is 0.00477. The van der Waals surface area contributed by atoms with Gasteiger partial charge >= 0.3 is 5.97 Å². The highest BCUT2D eigenvalue weighted by molar-refractivity contribution is 5.79. The Labute approximate surface area is 113 Å². The number of aliphatic carboxylic acids is 1. The first-order chi connectivity index (χ1) is 8.85. The lowest BCUT2D eigenvalue weighted by molar-refractivity contribution is -0.145. The van der Waals surface area contributed by atoms with Crippen molar-refractivity contribution in [3.8, 4) is 0 Å².